The van der Waals surface area contributed by atoms with Gasteiger partial charge in [0.15, 0.2) is 12.2 Å². The molecule has 1 aromatic heterocycles. The summed E-state index contributed by atoms with van der Waals surface area (Å²) in [5, 5.41) is 2.51. The number of fused-ring (bicyclic) bond motifs is 2. The van der Waals surface area contributed by atoms with E-state index in [1.165, 1.54) is 32.2 Å². The third kappa shape index (κ3) is 3.48. The Labute approximate surface area is 175 Å². The van der Waals surface area contributed by atoms with E-state index in [1.807, 2.05) is 0 Å². The number of nitrogens with zero attached hydrogens (tertiary/aromatic N) is 2. The van der Waals surface area contributed by atoms with E-state index in [9.17, 15) is 24.0 Å². The smallest absolute Gasteiger partial charge is 0.420 e. The highest BCUT2D eigenvalue weighted by atomic mass is 16.5. The maximum absolute atomic E-state index is 12.4. The van der Waals surface area contributed by atoms with Crippen LogP contribution >= 0.6 is 0 Å². The monoisotopic (exact) mass is 423 g/mol. The van der Waals surface area contributed by atoms with Gasteiger partial charge in [0.1, 0.15) is 6.04 Å². The van der Waals surface area contributed by atoms with Gasteiger partial charge in [0, 0.05) is 12.7 Å². The molecule has 0 bridgehead atoms. The highest BCUT2D eigenvalue weighted by Crippen LogP contribution is 2.24. The lowest BCUT2D eigenvalue weighted by molar-refractivity contribution is -0.150. The second-order valence-corrected chi connectivity index (χ2v) is 6.97. The molecule has 10 heteroatoms. The van der Waals surface area contributed by atoms with Crippen LogP contribution in [-0.4, -0.2) is 46.8 Å². The van der Waals surface area contributed by atoms with Crippen LogP contribution in [0.4, 0.5) is 5.69 Å². The van der Waals surface area contributed by atoms with E-state index in [-0.39, 0.29) is 16.8 Å². The summed E-state index contributed by atoms with van der Waals surface area (Å²) in [4.78, 5) is 61.6. The highest BCUT2D eigenvalue weighted by molar-refractivity contribution is 6.21. The minimum absolute atomic E-state index is 0.183. The first-order chi connectivity index (χ1) is 14.8. The third-order valence-electron chi connectivity index (χ3n) is 4.97. The van der Waals surface area contributed by atoms with Gasteiger partial charge in [-0.3, -0.25) is 23.9 Å². The summed E-state index contributed by atoms with van der Waals surface area (Å²) in [5.41, 5.74) is 1.48. The standard InChI is InChI=1S/C21H17N3O7/c1-11(24-15-5-3-4-6-16(15)31-21(24)29)20(28)30-10-17(25)22-12-7-8-13-14(9-12)19(27)23(2)18(13)26/h3-9,11H,10H2,1-2H3,(H,22,25). The van der Waals surface area contributed by atoms with Gasteiger partial charge in [-0.25, -0.2) is 9.59 Å². The zero-order valence-electron chi connectivity index (χ0n) is 16.6. The average molecular weight is 423 g/mol. The van der Waals surface area contributed by atoms with Crippen LogP contribution in [0.1, 0.15) is 33.7 Å². The molecule has 1 N–H and O–H groups in total. The Morgan fingerprint density at radius 3 is 2.55 bits per heavy atom. The van der Waals surface area contributed by atoms with Crippen molar-refractivity contribution in [3.8, 4) is 0 Å². The number of nitrogens with one attached hydrogen (secondary N) is 1. The number of carbonyl (C=O) groups is 4. The molecule has 4 rings (SSSR count). The van der Waals surface area contributed by atoms with Crippen LogP contribution in [0.15, 0.2) is 51.7 Å². The first-order valence-corrected chi connectivity index (χ1v) is 9.31. The van der Waals surface area contributed by atoms with Gasteiger partial charge in [0.05, 0.1) is 16.6 Å². The van der Waals surface area contributed by atoms with Crippen molar-refractivity contribution >= 4 is 40.5 Å². The molecule has 0 saturated heterocycles. The van der Waals surface area contributed by atoms with E-state index in [2.05, 4.69) is 5.32 Å². The second kappa shape index (κ2) is 7.56. The molecule has 0 radical (unpaired) electrons. The summed E-state index contributed by atoms with van der Waals surface area (Å²) in [6.45, 7) is 0.862. The number of amides is 3. The molecule has 2 aromatic carbocycles. The first kappa shape index (κ1) is 20.1. The largest absolute Gasteiger partial charge is 0.454 e. The molecular formula is C21H17N3O7. The van der Waals surface area contributed by atoms with E-state index < -0.39 is 42.1 Å². The molecular weight excluding hydrogens is 406 g/mol. The molecule has 1 unspecified atom stereocenters. The zero-order valence-corrected chi connectivity index (χ0v) is 16.6. The number of rotatable bonds is 5. The molecule has 158 valence electrons. The second-order valence-electron chi connectivity index (χ2n) is 6.97. The molecule has 1 atom stereocenters. The Hall–Kier alpha value is -4.21. The topological polar surface area (TPSA) is 128 Å². The molecule has 1 aliphatic heterocycles. The number of imide groups is 1. The van der Waals surface area contributed by atoms with E-state index in [1.54, 1.807) is 24.3 Å². The zero-order chi connectivity index (χ0) is 22.3. The minimum atomic E-state index is -1.01. The predicted molar refractivity (Wildman–Crippen MR) is 108 cm³/mol. The maximum atomic E-state index is 12.4. The molecule has 0 aliphatic carbocycles. The normalized spacial score (nSPS) is 13.9. The van der Waals surface area contributed by atoms with Crippen LogP contribution in [0.2, 0.25) is 0 Å². The molecule has 10 nitrogen and oxygen atoms in total. The van der Waals surface area contributed by atoms with Crippen LogP contribution < -0.4 is 11.1 Å². The number of para-hydroxylation sites is 2. The van der Waals surface area contributed by atoms with Gasteiger partial charge in [0.2, 0.25) is 0 Å². The Bertz CT molecular complexity index is 1300. The maximum Gasteiger partial charge on any atom is 0.420 e. The predicted octanol–water partition coefficient (Wildman–Crippen LogP) is 1.56. The van der Waals surface area contributed by atoms with Crippen LogP contribution in [0.3, 0.4) is 0 Å². The van der Waals surface area contributed by atoms with Gasteiger partial charge in [-0.05, 0) is 37.3 Å². The van der Waals surface area contributed by atoms with Crippen molar-refractivity contribution in [2.75, 3.05) is 19.0 Å². The summed E-state index contributed by atoms with van der Waals surface area (Å²) >= 11 is 0. The van der Waals surface area contributed by atoms with Crippen LogP contribution in [-0.2, 0) is 14.3 Å². The van der Waals surface area contributed by atoms with E-state index in [0.717, 1.165) is 9.47 Å². The van der Waals surface area contributed by atoms with Gasteiger partial charge in [-0.15, -0.1) is 0 Å². The molecule has 0 saturated carbocycles. The number of carbonyl (C=O) groups excluding carboxylic acids is 4. The van der Waals surface area contributed by atoms with Crippen molar-refractivity contribution in [1.82, 2.24) is 9.47 Å². The molecule has 31 heavy (non-hydrogen) atoms. The fraction of sp³-hybridized carbons (Fsp3) is 0.190. The Morgan fingerprint density at radius 1 is 1.06 bits per heavy atom. The number of esters is 1. The number of ether oxygens (including phenoxy) is 1. The van der Waals surface area contributed by atoms with Crippen molar-refractivity contribution in [1.29, 1.82) is 0 Å². The molecule has 0 fully saturated rings. The molecule has 3 amide bonds. The summed E-state index contributed by atoms with van der Waals surface area (Å²) < 4.78 is 11.3. The lowest BCUT2D eigenvalue weighted by Gasteiger charge is -2.12. The molecule has 2 heterocycles. The number of aromatic nitrogens is 1. The molecule has 3 aromatic rings. The van der Waals surface area contributed by atoms with Crippen molar-refractivity contribution in [2.45, 2.75) is 13.0 Å². The summed E-state index contributed by atoms with van der Waals surface area (Å²) in [5.74, 6) is -3.02. The molecule has 1 aliphatic rings. The Balaban J connectivity index is 1.41. The fourth-order valence-electron chi connectivity index (χ4n) is 3.35. The number of benzene rings is 2. The van der Waals surface area contributed by atoms with E-state index in [0.29, 0.717) is 11.1 Å². The van der Waals surface area contributed by atoms with Crippen LogP contribution in [0, 0.1) is 0 Å². The van der Waals surface area contributed by atoms with Crippen molar-refractivity contribution in [3.05, 3.63) is 64.1 Å². The SMILES string of the molecule is CC(C(=O)OCC(=O)Nc1ccc2c(c1)C(=O)N(C)C2=O)n1c(=O)oc2ccccc21. The van der Waals surface area contributed by atoms with E-state index in [4.69, 9.17) is 9.15 Å². The van der Waals surface area contributed by atoms with Gasteiger partial charge < -0.3 is 14.5 Å². The van der Waals surface area contributed by atoms with Crippen molar-refractivity contribution in [2.24, 2.45) is 0 Å². The van der Waals surface area contributed by atoms with Gasteiger partial charge >= 0.3 is 11.7 Å². The lowest BCUT2D eigenvalue weighted by atomic mass is 10.1. The Kier molecular flexibility index (Phi) is 4.90. The van der Waals surface area contributed by atoms with Crippen molar-refractivity contribution < 1.29 is 28.3 Å². The lowest BCUT2D eigenvalue weighted by Crippen LogP contribution is -2.29. The van der Waals surface area contributed by atoms with Gasteiger partial charge in [-0.1, -0.05) is 12.1 Å². The quantitative estimate of drug-likeness (QED) is 0.487. The summed E-state index contributed by atoms with van der Waals surface area (Å²) in [7, 11) is 1.37. The summed E-state index contributed by atoms with van der Waals surface area (Å²) in [6.07, 6.45) is 0. The third-order valence-corrected chi connectivity index (χ3v) is 4.97. The number of hydrogen-bond donors (Lipinski definition) is 1. The van der Waals surface area contributed by atoms with E-state index >= 15 is 0 Å². The average Bonchev–Trinajstić information content (AvgIpc) is 3.20. The fourth-order valence-corrected chi connectivity index (χ4v) is 3.35. The van der Waals surface area contributed by atoms with Gasteiger partial charge in [0.25, 0.3) is 17.7 Å². The first-order valence-electron chi connectivity index (χ1n) is 9.31. The van der Waals surface area contributed by atoms with Crippen LogP contribution in [0.25, 0.3) is 11.1 Å². The highest BCUT2D eigenvalue weighted by Gasteiger charge is 2.32. The Morgan fingerprint density at radius 2 is 1.77 bits per heavy atom. The number of anilines is 1. The minimum Gasteiger partial charge on any atom is -0.454 e. The van der Waals surface area contributed by atoms with Gasteiger partial charge in [-0.2, -0.15) is 0 Å². The van der Waals surface area contributed by atoms with Crippen molar-refractivity contribution in [3.63, 3.8) is 0 Å². The number of oxazole rings is 1. The summed E-state index contributed by atoms with van der Waals surface area (Å²) in [6, 6.07) is 9.93. The molecule has 0 spiro atoms. The van der Waals surface area contributed by atoms with Crippen LogP contribution in [0.5, 0.6) is 0 Å². The number of hydrogen-bond acceptors (Lipinski definition) is 7.